The molecular formula is C96H91F15N34O3. The summed E-state index contributed by atoms with van der Waals surface area (Å²) >= 11 is 0. The van der Waals surface area contributed by atoms with Crippen LogP contribution in [0.25, 0.3) is 85.8 Å². The monoisotopic (exact) mass is 2050 g/mol. The molecule has 1 spiro atoms. The van der Waals surface area contributed by atoms with Gasteiger partial charge in [0.15, 0.2) is 85.8 Å². The van der Waals surface area contributed by atoms with Gasteiger partial charge in [-0.05, 0) is 142 Å². The van der Waals surface area contributed by atoms with E-state index in [9.17, 15) is 70.7 Å². The number of Topliss-reactive ketones (excluding diaryl/α,β-unsaturated/α-hetero) is 1. The van der Waals surface area contributed by atoms with Crippen molar-refractivity contribution >= 4 is 63.1 Å². The Morgan fingerprint density at radius 2 is 0.608 bits per heavy atom. The molecule has 1 saturated carbocycles. The van der Waals surface area contributed by atoms with Crippen LogP contribution < -0.4 is 24.5 Å². The van der Waals surface area contributed by atoms with Crippen LogP contribution in [-0.2, 0) is 45.1 Å². The number of rotatable bonds is 14. The second-order valence-corrected chi connectivity index (χ2v) is 37.4. The number of nitrogens with zero attached hydrogens (tertiary/aromatic N) is 32. The summed E-state index contributed by atoms with van der Waals surface area (Å²) in [5, 5.41) is 13.7. The van der Waals surface area contributed by atoms with Crippen LogP contribution in [0.4, 0.5) is 94.9 Å². The quantitative estimate of drug-likeness (QED) is 0.0955. The van der Waals surface area contributed by atoms with Gasteiger partial charge in [-0.1, -0.05) is 0 Å². The molecule has 0 aromatic carbocycles. The average molecular weight is 2050 g/mol. The normalized spacial score (nSPS) is 20.5. The van der Waals surface area contributed by atoms with Crippen molar-refractivity contribution in [3.63, 3.8) is 0 Å². The highest BCUT2D eigenvalue weighted by molar-refractivity contribution is 5.87. The average Bonchev–Trinajstić information content (AvgIpc) is 1.54. The highest BCUT2D eigenvalue weighted by atomic mass is 19.4. The van der Waals surface area contributed by atoms with Crippen molar-refractivity contribution in [3.05, 3.63) is 219 Å². The van der Waals surface area contributed by atoms with Gasteiger partial charge >= 0.3 is 30.9 Å². The number of piperidine rings is 3. The van der Waals surface area contributed by atoms with Crippen molar-refractivity contribution in [1.82, 2.24) is 142 Å². The highest BCUT2D eigenvalue weighted by Crippen LogP contribution is 2.45. The first-order chi connectivity index (χ1) is 71.3. The van der Waals surface area contributed by atoms with Gasteiger partial charge in [0, 0.05) is 190 Å². The Labute approximate surface area is 829 Å². The number of nitrogens with one attached hydrogen (secondary N) is 2. The number of alkyl halides is 15. The molecule has 8 fully saturated rings. The van der Waals surface area contributed by atoms with E-state index in [2.05, 4.69) is 145 Å². The van der Waals surface area contributed by atoms with E-state index < -0.39 is 59.4 Å². The number of anilines is 5. The molecule has 7 unspecified atom stereocenters. The van der Waals surface area contributed by atoms with Crippen LogP contribution in [-0.4, -0.2) is 240 Å². The zero-order valence-corrected chi connectivity index (χ0v) is 78.5. The van der Waals surface area contributed by atoms with E-state index in [0.29, 0.717) is 134 Å². The maximum Gasteiger partial charge on any atom is 0.434 e. The molecule has 24 heterocycles. The molecule has 2 N–H and O–H groups in total. The first-order valence-corrected chi connectivity index (χ1v) is 47.9. The number of H-pyrrole nitrogens is 2. The number of aromatic amines is 2. The van der Waals surface area contributed by atoms with E-state index in [-0.39, 0.29) is 16.9 Å². The van der Waals surface area contributed by atoms with Crippen LogP contribution in [0.1, 0.15) is 135 Å². The maximum absolute atomic E-state index is 13.1. The highest BCUT2D eigenvalue weighted by Gasteiger charge is 2.46. The lowest BCUT2D eigenvalue weighted by Crippen LogP contribution is -2.46. The summed E-state index contributed by atoms with van der Waals surface area (Å²) < 4.78 is 214. The molecule has 7 saturated heterocycles. The molecule has 8 aliphatic rings. The number of ether oxygens (including phenoxy) is 2. The molecule has 0 bridgehead atoms. The van der Waals surface area contributed by atoms with Crippen LogP contribution in [0.15, 0.2) is 179 Å². The van der Waals surface area contributed by atoms with Gasteiger partial charge < -0.3 is 34.0 Å². The molecule has 25 rings (SSSR count). The van der Waals surface area contributed by atoms with Crippen molar-refractivity contribution in [2.45, 2.75) is 126 Å². The zero-order chi connectivity index (χ0) is 102. The van der Waals surface area contributed by atoms with Crippen molar-refractivity contribution in [3.8, 4) is 57.6 Å². The summed E-state index contributed by atoms with van der Waals surface area (Å²) in [6, 6.07) is 9.07. The summed E-state index contributed by atoms with van der Waals surface area (Å²) in [5.74, 6) is 8.57. The van der Waals surface area contributed by atoms with Crippen LogP contribution in [0.2, 0.25) is 0 Å². The fourth-order valence-corrected chi connectivity index (χ4v) is 20.5. The Morgan fingerprint density at radius 1 is 0.311 bits per heavy atom. The fraction of sp³-hybridized carbons (Fsp3) is 0.406. The maximum atomic E-state index is 13.1. The van der Waals surface area contributed by atoms with E-state index in [1.54, 1.807) is 49.2 Å². The van der Waals surface area contributed by atoms with Gasteiger partial charge in [-0.25, -0.2) is 99.7 Å². The Morgan fingerprint density at radius 3 is 0.885 bits per heavy atom. The fourth-order valence-electron chi connectivity index (χ4n) is 20.5. The van der Waals surface area contributed by atoms with E-state index >= 15 is 0 Å². The topological polar surface area (TPSA) is 389 Å². The lowest BCUT2D eigenvalue weighted by atomic mass is 9.77. The van der Waals surface area contributed by atoms with Gasteiger partial charge in [0.2, 0.25) is 0 Å². The molecule has 17 aromatic heterocycles. The third-order valence-electron chi connectivity index (χ3n) is 28.2. The minimum absolute atomic E-state index is 0.275. The van der Waals surface area contributed by atoms with E-state index in [1.165, 1.54) is 65.8 Å². The SMILES string of the molecule is FC(F)(F)c1cn2c(-c3nccc(N4CCC(c5cn[nH]c5)C4)n3)cnc2cn1.FC(F)(F)c1cn2c(-c3nccc(N4CCC(c5cn[nH]c5)C4)n3)cnc2cn1.FC(F)(F)c1cn2c(-c3nccc(N4CCCC(C5CCOC5)C4)n3)cnc2cn1.FC(F)(F)c1cn2c(-c3nccc(N4CCCC(C5CCOC5)C4)n3)cnc2cn1.O=C1CCCC12CCCN(c1ccnc(-c3cnc4cnc(C(F)(F)F)cn34)n1)C2. The minimum atomic E-state index is -4.56. The van der Waals surface area contributed by atoms with Crippen molar-refractivity contribution in [1.29, 1.82) is 0 Å². The molecule has 17 aromatic rings. The predicted octanol–water partition coefficient (Wildman–Crippen LogP) is 16.3. The number of halogens is 15. The molecule has 1 aliphatic carbocycles. The lowest BCUT2D eigenvalue weighted by Gasteiger charge is -2.39. The van der Waals surface area contributed by atoms with Crippen molar-refractivity contribution in [2.24, 2.45) is 29.1 Å². The zero-order valence-electron chi connectivity index (χ0n) is 78.5. The molecule has 37 nitrogen and oxygen atoms in total. The van der Waals surface area contributed by atoms with Gasteiger partial charge in [-0.15, -0.1) is 0 Å². The molecular weight excluding hydrogens is 1960 g/mol. The second-order valence-electron chi connectivity index (χ2n) is 37.4. The van der Waals surface area contributed by atoms with Crippen LogP contribution in [0, 0.1) is 29.1 Å². The largest absolute Gasteiger partial charge is 0.434 e. The van der Waals surface area contributed by atoms with Gasteiger partial charge in [0.1, 0.15) is 63.3 Å². The Bertz CT molecular complexity index is 7220. The number of aromatic nitrogens is 29. The number of ketones is 1. The second kappa shape index (κ2) is 40.7. The number of hydrogen-bond acceptors (Lipinski definition) is 30. The molecule has 0 radical (unpaired) electrons. The third-order valence-corrected chi connectivity index (χ3v) is 28.2. The molecule has 0 amide bonds. The lowest BCUT2D eigenvalue weighted by molar-refractivity contribution is -0.142. The van der Waals surface area contributed by atoms with E-state index in [1.807, 2.05) is 36.9 Å². The Hall–Kier alpha value is -15.5. The van der Waals surface area contributed by atoms with Gasteiger partial charge in [-0.2, -0.15) is 76.1 Å². The number of fused-ring (bicyclic) bond motifs is 5. The molecule has 52 heteroatoms. The van der Waals surface area contributed by atoms with Crippen LogP contribution in [0.3, 0.4) is 0 Å². The van der Waals surface area contributed by atoms with Gasteiger partial charge in [0.25, 0.3) is 0 Å². The minimum Gasteiger partial charge on any atom is -0.381 e. The van der Waals surface area contributed by atoms with E-state index in [4.69, 9.17) is 9.47 Å². The van der Waals surface area contributed by atoms with Crippen molar-refractivity contribution < 1.29 is 80.1 Å². The van der Waals surface area contributed by atoms with Gasteiger partial charge in [-0.3, -0.25) is 37.0 Å². The molecule has 768 valence electrons. The third kappa shape index (κ3) is 21.2. The summed E-state index contributed by atoms with van der Waals surface area (Å²) in [4.78, 5) is 106. The number of hydrogen-bond donors (Lipinski definition) is 2. The van der Waals surface area contributed by atoms with Crippen LogP contribution in [0.5, 0.6) is 0 Å². The number of carbonyl (C=O) groups excluding carboxylic acids is 1. The standard InChI is InChI=1S/C20H19F3N6O.2C20H21F3N6O.2C18H15F3N8/c21-20(22,23)14-11-29-13(9-26-17(29)10-25-14)18-24-7-4-16(27-18)28-8-2-6-19(12-28)5-1-3-15(19)30;2*21-20(22,23)16-11-29-15(8-26-18(29)9-25-16)19-24-5-3-17(27-19)28-6-1-2-13(10-28)14-4-7-30-12-14;2*19-18(20,21)14-10-29-13(7-24-16(29)8-23-14)17-22-3-1-15(27-17)28-4-2-11(9-28)12-5-25-26-6-12/h4,7,9-11H,1-3,5-6,8,12H2;2*3,5,8-9,11,13-14H,1-2,4,6-7,10,12H2;2*1,3,5-8,10-11H,2,4,9H2,(H,25,26). The molecule has 148 heavy (non-hydrogen) atoms. The smallest absolute Gasteiger partial charge is 0.381 e. The Kier molecular flexibility index (Phi) is 27.1. The molecule has 7 atom stereocenters. The summed E-state index contributed by atoms with van der Waals surface area (Å²) in [7, 11) is 0. The first kappa shape index (κ1) is 98.5. The van der Waals surface area contributed by atoms with E-state index in [0.717, 1.165) is 246 Å². The first-order valence-electron chi connectivity index (χ1n) is 47.9. The summed E-state index contributed by atoms with van der Waals surface area (Å²) in [5.41, 5.74) is 0.426. The van der Waals surface area contributed by atoms with Crippen molar-refractivity contribution in [2.75, 3.05) is 116 Å². The molecule has 7 aliphatic heterocycles. The summed E-state index contributed by atoms with van der Waals surface area (Å²) in [6.07, 6.45) is 23.1. The summed E-state index contributed by atoms with van der Waals surface area (Å²) in [6.45, 7) is 11.5. The Balaban J connectivity index is 0.000000108. The number of imidazole rings is 5. The van der Waals surface area contributed by atoms with Gasteiger partial charge in [0.05, 0.1) is 74.4 Å². The predicted molar refractivity (Wildman–Crippen MR) is 502 cm³/mol. The number of carbonyl (C=O) groups is 1. The van der Waals surface area contributed by atoms with Crippen LogP contribution >= 0.6 is 0 Å².